The van der Waals surface area contributed by atoms with Gasteiger partial charge in [-0.1, -0.05) is 0 Å². The van der Waals surface area contributed by atoms with Gasteiger partial charge in [0.15, 0.2) is 12.4 Å². The molecule has 8 nitrogen and oxygen atoms in total. The number of nitro benzene ring substituents is 1. The second kappa shape index (κ2) is 6.02. The molecular formula is C10H7F2NO7. The molecule has 2 N–H and O–H groups in total. The number of aldehydes is 1. The molecule has 0 spiro atoms. The number of halogens is 2. The molecule has 1 aromatic carbocycles. The third-order valence-corrected chi connectivity index (χ3v) is 2.23. The van der Waals surface area contributed by atoms with Crippen molar-refractivity contribution in [1.82, 2.24) is 0 Å². The van der Waals surface area contributed by atoms with E-state index in [1.807, 2.05) is 0 Å². The van der Waals surface area contributed by atoms with E-state index in [2.05, 4.69) is 4.74 Å². The van der Waals surface area contributed by atoms with Gasteiger partial charge in [-0.15, -0.1) is 0 Å². The molecule has 1 aromatic rings. The number of carboxylic acid groups (broad SMARTS) is 1. The predicted octanol–water partition coefficient (Wildman–Crippen LogP) is 1.13. The molecule has 0 heterocycles. The maximum Gasteiger partial charge on any atom is 0.387 e. The number of carboxylic acids is 1. The summed E-state index contributed by atoms with van der Waals surface area (Å²) in [5, 5.41) is 28.6. The van der Waals surface area contributed by atoms with Gasteiger partial charge in [-0.3, -0.25) is 14.9 Å². The van der Waals surface area contributed by atoms with Crippen molar-refractivity contribution in [2.24, 2.45) is 0 Å². The number of hydrogen-bond acceptors (Lipinski definition) is 6. The monoisotopic (exact) mass is 291 g/mol. The molecule has 0 aliphatic heterocycles. The molecule has 1 rings (SSSR count). The largest absolute Gasteiger partial charge is 0.479 e. The summed E-state index contributed by atoms with van der Waals surface area (Å²) in [7, 11) is 0. The summed E-state index contributed by atoms with van der Waals surface area (Å²) < 4.78 is 28.3. The van der Waals surface area contributed by atoms with Crippen molar-refractivity contribution in [2.45, 2.75) is 12.7 Å². The van der Waals surface area contributed by atoms with Gasteiger partial charge in [0.05, 0.1) is 16.6 Å². The molecule has 1 atom stereocenters. The fourth-order valence-electron chi connectivity index (χ4n) is 1.42. The van der Waals surface area contributed by atoms with Crippen LogP contribution in [0, 0.1) is 10.1 Å². The summed E-state index contributed by atoms with van der Waals surface area (Å²) in [6, 6.07) is 1.13. The highest BCUT2D eigenvalue weighted by molar-refractivity contribution is 5.87. The van der Waals surface area contributed by atoms with Gasteiger partial charge in [-0.05, 0) is 0 Å². The molecule has 0 saturated carbocycles. The number of ether oxygens (including phenoxy) is 1. The number of aliphatic hydroxyl groups excluding tert-OH is 1. The zero-order chi connectivity index (χ0) is 15.4. The molecule has 10 heteroatoms. The normalized spacial score (nSPS) is 12.0. The summed E-state index contributed by atoms with van der Waals surface area (Å²) in [5.41, 5.74) is -2.22. The van der Waals surface area contributed by atoms with Gasteiger partial charge >= 0.3 is 12.6 Å². The smallest absolute Gasteiger partial charge is 0.387 e. The zero-order valence-corrected chi connectivity index (χ0v) is 9.53. The van der Waals surface area contributed by atoms with Crippen LogP contribution in [0.3, 0.4) is 0 Å². The van der Waals surface area contributed by atoms with Crippen LogP contribution in [0.5, 0.6) is 5.75 Å². The fourth-order valence-corrected chi connectivity index (χ4v) is 1.42. The summed E-state index contributed by atoms with van der Waals surface area (Å²) in [4.78, 5) is 31.1. The number of non-ortho nitro benzene ring substituents is 1. The highest BCUT2D eigenvalue weighted by Gasteiger charge is 2.27. The standard InChI is InChI=1S/C10H7F2NO7/c11-10(12)20-7-2-4(13(18)19)1-5(6(7)3-14)8(15)9(16)17/h1-3,8,10,15H,(H,16,17). The first-order valence-corrected chi connectivity index (χ1v) is 4.91. The van der Waals surface area contributed by atoms with Crippen LogP contribution in [0.15, 0.2) is 12.1 Å². The molecule has 20 heavy (non-hydrogen) atoms. The third kappa shape index (κ3) is 3.23. The first-order chi connectivity index (χ1) is 9.27. The SMILES string of the molecule is O=Cc1c(OC(F)F)cc([N+](=O)[O-])cc1C(O)C(=O)O. The Bertz CT molecular complexity index is 561. The number of carbonyl (C=O) groups excluding carboxylic acids is 1. The van der Waals surface area contributed by atoms with Crippen LogP contribution >= 0.6 is 0 Å². The van der Waals surface area contributed by atoms with Crippen LogP contribution in [0.2, 0.25) is 0 Å². The van der Waals surface area contributed by atoms with Gasteiger partial charge < -0.3 is 14.9 Å². The molecule has 1 unspecified atom stereocenters. The van der Waals surface area contributed by atoms with E-state index in [0.717, 1.165) is 0 Å². The molecule has 0 radical (unpaired) electrons. The van der Waals surface area contributed by atoms with Crippen molar-refractivity contribution in [3.05, 3.63) is 33.4 Å². The average molecular weight is 291 g/mol. The number of aliphatic carboxylic acids is 1. The van der Waals surface area contributed by atoms with E-state index in [0.29, 0.717) is 12.1 Å². The fraction of sp³-hybridized carbons (Fsp3) is 0.200. The molecule has 108 valence electrons. The van der Waals surface area contributed by atoms with Crippen LogP contribution in [0.1, 0.15) is 22.0 Å². The Morgan fingerprint density at radius 1 is 1.45 bits per heavy atom. The molecule has 0 aliphatic carbocycles. The topological polar surface area (TPSA) is 127 Å². The lowest BCUT2D eigenvalue weighted by atomic mass is 10.0. The van der Waals surface area contributed by atoms with E-state index in [1.165, 1.54) is 0 Å². The minimum absolute atomic E-state index is 0.0388. The molecule has 0 bridgehead atoms. The quantitative estimate of drug-likeness (QED) is 0.456. The van der Waals surface area contributed by atoms with E-state index in [1.54, 1.807) is 0 Å². The third-order valence-electron chi connectivity index (χ3n) is 2.23. The van der Waals surface area contributed by atoms with Crippen molar-refractivity contribution in [3.63, 3.8) is 0 Å². The second-order valence-corrected chi connectivity index (χ2v) is 3.44. The maximum absolute atomic E-state index is 12.2. The van der Waals surface area contributed by atoms with Crippen molar-refractivity contribution in [2.75, 3.05) is 0 Å². The summed E-state index contributed by atoms with van der Waals surface area (Å²) in [6.45, 7) is -3.38. The van der Waals surface area contributed by atoms with Gasteiger partial charge in [0.2, 0.25) is 0 Å². The zero-order valence-electron chi connectivity index (χ0n) is 9.53. The van der Waals surface area contributed by atoms with E-state index >= 15 is 0 Å². The van der Waals surface area contributed by atoms with Gasteiger partial charge in [0.25, 0.3) is 5.69 Å². The van der Waals surface area contributed by atoms with Crippen molar-refractivity contribution in [1.29, 1.82) is 0 Å². The molecular weight excluding hydrogens is 284 g/mol. The van der Waals surface area contributed by atoms with Crippen LogP contribution in [-0.2, 0) is 4.79 Å². The lowest BCUT2D eigenvalue weighted by molar-refractivity contribution is -0.385. The number of nitro groups is 1. The summed E-state index contributed by atoms with van der Waals surface area (Å²) >= 11 is 0. The molecule has 0 saturated heterocycles. The van der Waals surface area contributed by atoms with Gasteiger partial charge in [0, 0.05) is 11.6 Å². The Kier molecular flexibility index (Phi) is 4.64. The Morgan fingerprint density at radius 2 is 2.05 bits per heavy atom. The predicted molar refractivity (Wildman–Crippen MR) is 57.7 cm³/mol. The van der Waals surface area contributed by atoms with Gasteiger partial charge in [0.1, 0.15) is 5.75 Å². The molecule has 0 fully saturated rings. The summed E-state index contributed by atoms with van der Waals surface area (Å²) in [5.74, 6) is -2.70. The first kappa shape index (κ1) is 15.4. The van der Waals surface area contributed by atoms with Crippen LogP contribution in [-0.4, -0.2) is 34.0 Å². The Morgan fingerprint density at radius 3 is 2.45 bits per heavy atom. The number of nitrogens with zero attached hydrogens (tertiary/aromatic N) is 1. The van der Waals surface area contributed by atoms with Crippen LogP contribution in [0.4, 0.5) is 14.5 Å². The van der Waals surface area contributed by atoms with Crippen LogP contribution < -0.4 is 4.74 Å². The molecule has 0 aromatic heterocycles. The molecule has 0 aliphatic rings. The summed E-state index contributed by atoms with van der Waals surface area (Å²) in [6.07, 6.45) is -2.33. The van der Waals surface area contributed by atoms with E-state index in [4.69, 9.17) is 5.11 Å². The number of alkyl halides is 2. The Hall–Kier alpha value is -2.62. The highest BCUT2D eigenvalue weighted by Crippen LogP contribution is 2.32. The van der Waals surface area contributed by atoms with E-state index in [-0.39, 0.29) is 6.29 Å². The minimum atomic E-state index is -3.38. The van der Waals surface area contributed by atoms with Crippen molar-refractivity contribution < 1.29 is 38.2 Å². The average Bonchev–Trinajstić information content (AvgIpc) is 2.35. The second-order valence-electron chi connectivity index (χ2n) is 3.44. The minimum Gasteiger partial charge on any atom is -0.479 e. The van der Waals surface area contributed by atoms with Crippen molar-refractivity contribution in [3.8, 4) is 5.75 Å². The Balaban J connectivity index is 3.53. The van der Waals surface area contributed by atoms with E-state index in [9.17, 15) is 33.6 Å². The van der Waals surface area contributed by atoms with Gasteiger partial charge in [-0.2, -0.15) is 8.78 Å². The highest BCUT2D eigenvalue weighted by atomic mass is 19.3. The lowest BCUT2D eigenvalue weighted by Gasteiger charge is -2.13. The first-order valence-electron chi connectivity index (χ1n) is 4.91. The number of benzene rings is 1. The maximum atomic E-state index is 12.2. The van der Waals surface area contributed by atoms with Crippen molar-refractivity contribution >= 4 is 17.9 Å². The lowest BCUT2D eigenvalue weighted by Crippen LogP contribution is -2.15. The number of hydrogen-bond donors (Lipinski definition) is 2. The number of rotatable bonds is 6. The van der Waals surface area contributed by atoms with Crippen LogP contribution in [0.25, 0.3) is 0 Å². The van der Waals surface area contributed by atoms with E-state index < -0.39 is 46.2 Å². The Labute approximate surface area is 109 Å². The van der Waals surface area contributed by atoms with Gasteiger partial charge in [-0.25, -0.2) is 4.79 Å². The molecule has 0 amide bonds. The number of carbonyl (C=O) groups is 2. The number of aliphatic hydroxyl groups is 1.